The monoisotopic (exact) mass is 335 g/mol. The van der Waals surface area contributed by atoms with Gasteiger partial charge in [-0.15, -0.1) is 11.6 Å². The van der Waals surface area contributed by atoms with Crippen molar-refractivity contribution in [2.24, 2.45) is 0 Å². The molecule has 1 aliphatic rings. The first-order valence-corrected chi connectivity index (χ1v) is 7.61. The first-order valence-electron chi connectivity index (χ1n) is 5.90. The van der Waals surface area contributed by atoms with Crippen LogP contribution in [0.5, 0.6) is 0 Å². The van der Waals surface area contributed by atoms with Crippen molar-refractivity contribution in [1.82, 2.24) is 5.32 Å². The van der Waals surface area contributed by atoms with E-state index in [1.165, 1.54) is 25.7 Å². The molecular formula is C13H16BrCl2N. The van der Waals surface area contributed by atoms with Crippen LogP contribution < -0.4 is 5.32 Å². The van der Waals surface area contributed by atoms with Crippen molar-refractivity contribution >= 4 is 39.1 Å². The average molecular weight is 337 g/mol. The Bertz CT molecular complexity index is 389. The fourth-order valence-corrected chi connectivity index (χ4v) is 3.46. The molecule has 0 unspecified atom stereocenters. The first-order chi connectivity index (χ1) is 8.15. The van der Waals surface area contributed by atoms with Crippen molar-refractivity contribution in [2.45, 2.75) is 37.8 Å². The van der Waals surface area contributed by atoms with Gasteiger partial charge in [0.15, 0.2) is 0 Å². The molecule has 1 nitrogen and oxygen atoms in total. The Morgan fingerprint density at radius 2 is 2.00 bits per heavy atom. The SMILES string of the molecule is ClCC1(NCc2ccc(Br)cc2Cl)CCCC1. The van der Waals surface area contributed by atoms with E-state index in [0.29, 0.717) is 5.88 Å². The summed E-state index contributed by atoms with van der Waals surface area (Å²) < 4.78 is 1.01. The van der Waals surface area contributed by atoms with E-state index >= 15 is 0 Å². The zero-order chi connectivity index (χ0) is 12.3. The van der Waals surface area contributed by atoms with Crippen LogP contribution in [0.2, 0.25) is 5.02 Å². The maximum absolute atomic E-state index is 6.20. The molecule has 1 saturated carbocycles. The van der Waals surface area contributed by atoms with Crippen molar-refractivity contribution < 1.29 is 0 Å². The van der Waals surface area contributed by atoms with Crippen LogP contribution in [0.15, 0.2) is 22.7 Å². The molecule has 2 rings (SSSR count). The quantitative estimate of drug-likeness (QED) is 0.783. The zero-order valence-corrected chi connectivity index (χ0v) is 12.7. The van der Waals surface area contributed by atoms with Crippen LogP contribution >= 0.6 is 39.1 Å². The fourth-order valence-electron chi connectivity index (χ4n) is 2.36. The molecule has 1 N–H and O–H groups in total. The third kappa shape index (κ3) is 3.37. The highest BCUT2D eigenvalue weighted by Gasteiger charge is 2.32. The van der Waals surface area contributed by atoms with Gasteiger partial charge >= 0.3 is 0 Å². The molecule has 0 amide bonds. The predicted octanol–water partition coefficient (Wildman–Crippen LogP) is 4.74. The minimum absolute atomic E-state index is 0.123. The van der Waals surface area contributed by atoms with Gasteiger partial charge in [0.05, 0.1) is 0 Å². The van der Waals surface area contributed by atoms with Crippen LogP contribution in [0, 0.1) is 0 Å². The molecule has 0 aromatic heterocycles. The number of nitrogens with one attached hydrogen (secondary N) is 1. The topological polar surface area (TPSA) is 12.0 Å². The lowest BCUT2D eigenvalue weighted by Gasteiger charge is -2.28. The zero-order valence-electron chi connectivity index (χ0n) is 9.61. The van der Waals surface area contributed by atoms with E-state index in [2.05, 4.69) is 27.3 Å². The number of hydrogen-bond acceptors (Lipinski definition) is 1. The van der Waals surface area contributed by atoms with E-state index in [-0.39, 0.29) is 5.54 Å². The molecule has 1 aromatic carbocycles. The highest BCUT2D eigenvalue weighted by molar-refractivity contribution is 9.10. The highest BCUT2D eigenvalue weighted by atomic mass is 79.9. The molecule has 0 bridgehead atoms. The standard InChI is InChI=1S/C13H16BrCl2N/c14-11-4-3-10(12(16)7-11)8-17-13(9-15)5-1-2-6-13/h3-4,7,17H,1-2,5-6,8-9H2. The molecule has 0 saturated heterocycles. The van der Waals surface area contributed by atoms with Gasteiger partial charge in [0.1, 0.15) is 0 Å². The summed E-state index contributed by atoms with van der Waals surface area (Å²) in [5, 5.41) is 4.39. The van der Waals surface area contributed by atoms with Crippen LogP contribution in [-0.2, 0) is 6.54 Å². The second-order valence-electron chi connectivity index (χ2n) is 4.71. The highest BCUT2D eigenvalue weighted by Crippen LogP contribution is 2.31. The van der Waals surface area contributed by atoms with Crippen molar-refractivity contribution in [3.8, 4) is 0 Å². The normalized spacial score (nSPS) is 18.5. The molecule has 1 aliphatic carbocycles. The minimum atomic E-state index is 0.123. The molecule has 0 radical (unpaired) electrons. The molecule has 94 valence electrons. The van der Waals surface area contributed by atoms with Crippen molar-refractivity contribution in [2.75, 3.05) is 5.88 Å². The van der Waals surface area contributed by atoms with Crippen LogP contribution in [0.3, 0.4) is 0 Å². The largest absolute Gasteiger partial charge is 0.306 e. The van der Waals surface area contributed by atoms with Crippen molar-refractivity contribution in [3.05, 3.63) is 33.3 Å². The van der Waals surface area contributed by atoms with E-state index in [1.54, 1.807) is 0 Å². The van der Waals surface area contributed by atoms with Crippen LogP contribution in [0.1, 0.15) is 31.2 Å². The van der Waals surface area contributed by atoms with Gasteiger partial charge in [-0.1, -0.05) is 46.4 Å². The molecule has 1 aromatic rings. The lowest BCUT2D eigenvalue weighted by atomic mass is 10.00. The number of halogens is 3. The third-order valence-corrected chi connectivity index (χ3v) is 4.84. The molecule has 0 atom stereocenters. The number of hydrogen-bond donors (Lipinski definition) is 1. The smallest absolute Gasteiger partial charge is 0.0462 e. The number of benzene rings is 1. The van der Waals surface area contributed by atoms with Gasteiger partial charge in [-0.3, -0.25) is 0 Å². The van der Waals surface area contributed by atoms with Gasteiger partial charge in [-0.25, -0.2) is 0 Å². The van der Waals surface area contributed by atoms with E-state index in [4.69, 9.17) is 23.2 Å². The molecule has 1 fully saturated rings. The number of alkyl halides is 1. The summed E-state index contributed by atoms with van der Waals surface area (Å²) in [5.74, 6) is 0.682. The van der Waals surface area contributed by atoms with Crippen LogP contribution in [0.4, 0.5) is 0 Å². The molecule has 17 heavy (non-hydrogen) atoms. The van der Waals surface area contributed by atoms with Gasteiger partial charge in [-0.05, 0) is 30.5 Å². The van der Waals surface area contributed by atoms with Gasteiger partial charge in [0.2, 0.25) is 0 Å². The lowest BCUT2D eigenvalue weighted by Crippen LogP contribution is -2.43. The van der Waals surface area contributed by atoms with E-state index in [1.807, 2.05) is 12.1 Å². The summed E-state index contributed by atoms with van der Waals surface area (Å²) in [6, 6.07) is 6.00. The minimum Gasteiger partial charge on any atom is -0.306 e. The van der Waals surface area contributed by atoms with Crippen LogP contribution in [-0.4, -0.2) is 11.4 Å². The van der Waals surface area contributed by atoms with Crippen LogP contribution in [0.25, 0.3) is 0 Å². The summed E-state index contributed by atoms with van der Waals surface area (Å²) in [5.41, 5.74) is 1.25. The Hall–Kier alpha value is 0.240. The molecule has 0 heterocycles. The summed E-state index contributed by atoms with van der Waals surface area (Å²) >= 11 is 15.7. The number of rotatable bonds is 4. The maximum atomic E-state index is 6.20. The lowest BCUT2D eigenvalue weighted by molar-refractivity contribution is 0.368. The summed E-state index contributed by atoms with van der Waals surface area (Å²) in [6.07, 6.45) is 4.89. The predicted molar refractivity (Wildman–Crippen MR) is 77.9 cm³/mol. The van der Waals surface area contributed by atoms with E-state index in [9.17, 15) is 0 Å². The fraction of sp³-hybridized carbons (Fsp3) is 0.538. The van der Waals surface area contributed by atoms with Gasteiger partial charge in [0.25, 0.3) is 0 Å². The molecule has 0 aliphatic heterocycles. The van der Waals surface area contributed by atoms with E-state index < -0.39 is 0 Å². The summed E-state index contributed by atoms with van der Waals surface area (Å²) in [6.45, 7) is 0.791. The first kappa shape index (κ1) is 13.7. The molecular weight excluding hydrogens is 321 g/mol. The summed E-state index contributed by atoms with van der Waals surface area (Å²) in [4.78, 5) is 0. The Labute approximate surface area is 121 Å². The van der Waals surface area contributed by atoms with Crippen molar-refractivity contribution in [3.63, 3.8) is 0 Å². The second kappa shape index (κ2) is 5.92. The second-order valence-corrected chi connectivity index (χ2v) is 6.30. The average Bonchev–Trinajstić information content (AvgIpc) is 2.77. The Balaban J connectivity index is 2.01. The Kier molecular flexibility index (Phi) is 4.76. The third-order valence-electron chi connectivity index (χ3n) is 3.49. The van der Waals surface area contributed by atoms with Gasteiger partial charge < -0.3 is 5.32 Å². The maximum Gasteiger partial charge on any atom is 0.0462 e. The Morgan fingerprint density at radius 3 is 2.59 bits per heavy atom. The van der Waals surface area contributed by atoms with Gasteiger partial charge in [-0.2, -0.15) is 0 Å². The Morgan fingerprint density at radius 1 is 1.29 bits per heavy atom. The van der Waals surface area contributed by atoms with Crippen molar-refractivity contribution in [1.29, 1.82) is 0 Å². The summed E-state index contributed by atoms with van der Waals surface area (Å²) in [7, 11) is 0. The van der Waals surface area contributed by atoms with E-state index in [0.717, 1.165) is 21.6 Å². The molecule has 0 spiro atoms. The van der Waals surface area contributed by atoms with Gasteiger partial charge in [0, 0.05) is 27.5 Å². The molecule has 4 heteroatoms.